The van der Waals surface area contributed by atoms with Crippen molar-refractivity contribution < 1.29 is 8.42 Å². The van der Waals surface area contributed by atoms with E-state index in [0.29, 0.717) is 5.92 Å². The van der Waals surface area contributed by atoms with Gasteiger partial charge in [0.1, 0.15) is 0 Å². The van der Waals surface area contributed by atoms with Gasteiger partial charge in [-0.15, -0.1) is 0 Å². The van der Waals surface area contributed by atoms with Gasteiger partial charge in [0.25, 0.3) is 0 Å². The average molecular weight is 235 g/mol. The van der Waals surface area contributed by atoms with Crippen LogP contribution < -0.4 is 5.32 Å². The molecule has 0 aromatic heterocycles. The van der Waals surface area contributed by atoms with E-state index in [-0.39, 0.29) is 11.3 Å². The summed E-state index contributed by atoms with van der Waals surface area (Å²) in [5, 5.41) is 3.03. The summed E-state index contributed by atoms with van der Waals surface area (Å²) >= 11 is 0. The highest BCUT2D eigenvalue weighted by Gasteiger charge is 2.25. The predicted molar refractivity (Wildman–Crippen MR) is 65.8 cm³/mol. The topological polar surface area (TPSA) is 46.2 Å². The fraction of sp³-hybridized carbons (Fsp3) is 1.00. The van der Waals surface area contributed by atoms with Gasteiger partial charge >= 0.3 is 0 Å². The van der Waals surface area contributed by atoms with Gasteiger partial charge in [0.2, 0.25) is 0 Å². The normalized spacial score (nSPS) is 16.7. The Labute approximate surface area is 94.6 Å². The maximum absolute atomic E-state index is 11.5. The molecule has 2 atom stereocenters. The lowest BCUT2D eigenvalue weighted by atomic mass is 10.0. The fourth-order valence-corrected chi connectivity index (χ4v) is 2.38. The molecule has 1 N–H and O–H groups in total. The molecule has 0 amide bonds. The van der Waals surface area contributed by atoms with Gasteiger partial charge in [0.05, 0.1) is 5.25 Å². The first-order valence-electron chi connectivity index (χ1n) is 5.71. The number of rotatable bonds is 7. The van der Waals surface area contributed by atoms with Gasteiger partial charge < -0.3 is 5.32 Å². The number of hydrogen-bond donors (Lipinski definition) is 1. The summed E-state index contributed by atoms with van der Waals surface area (Å²) in [6.07, 6.45) is 3.26. The molecule has 0 bridgehead atoms. The van der Waals surface area contributed by atoms with Crippen LogP contribution in [0.4, 0.5) is 0 Å². The molecule has 0 saturated carbocycles. The van der Waals surface area contributed by atoms with Crippen molar-refractivity contribution in [1.29, 1.82) is 0 Å². The van der Waals surface area contributed by atoms with Gasteiger partial charge in [-0.3, -0.25) is 0 Å². The summed E-state index contributed by atoms with van der Waals surface area (Å²) in [5.41, 5.74) is 0. The van der Waals surface area contributed by atoms with Crippen LogP contribution in [0.3, 0.4) is 0 Å². The molecule has 3 nitrogen and oxygen atoms in total. The van der Waals surface area contributed by atoms with Crippen LogP contribution in [0.15, 0.2) is 0 Å². The van der Waals surface area contributed by atoms with E-state index >= 15 is 0 Å². The lowest BCUT2D eigenvalue weighted by Crippen LogP contribution is -2.43. The molecule has 0 aromatic rings. The average Bonchev–Trinajstić information content (AvgIpc) is 2.09. The Morgan fingerprint density at radius 1 is 1.20 bits per heavy atom. The smallest absolute Gasteiger partial charge is 0.151 e. The largest absolute Gasteiger partial charge is 0.313 e. The molecule has 2 unspecified atom stereocenters. The summed E-state index contributed by atoms with van der Waals surface area (Å²) in [5.74, 6) is 0.517. The Bertz CT molecular complexity index is 260. The third-order valence-electron chi connectivity index (χ3n) is 2.62. The first kappa shape index (κ1) is 14.9. The van der Waals surface area contributed by atoms with Crippen LogP contribution in [0.5, 0.6) is 0 Å². The molecule has 92 valence electrons. The number of nitrogens with one attached hydrogen (secondary N) is 1. The van der Waals surface area contributed by atoms with E-state index in [0.717, 1.165) is 19.4 Å². The lowest BCUT2D eigenvalue weighted by molar-refractivity contribution is 0.406. The second kappa shape index (κ2) is 6.48. The van der Waals surface area contributed by atoms with Gasteiger partial charge in [-0.25, -0.2) is 8.42 Å². The Morgan fingerprint density at radius 2 is 1.73 bits per heavy atom. The van der Waals surface area contributed by atoms with E-state index in [2.05, 4.69) is 26.1 Å². The molecule has 15 heavy (non-hydrogen) atoms. The summed E-state index contributed by atoms with van der Waals surface area (Å²) in [7, 11) is -2.94. The highest BCUT2D eigenvalue weighted by molar-refractivity contribution is 7.91. The van der Waals surface area contributed by atoms with Gasteiger partial charge in [-0.1, -0.05) is 20.8 Å². The molecule has 0 aliphatic heterocycles. The van der Waals surface area contributed by atoms with Gasteiger partial charge in [-0.05, 0) is 32.2 Å². The van der Waals surface area contributed by atoms with Crippen molar-refractivity contribution in [3.8, 4) is 0 Å². The minimum Gasteiger partial charge on any atom is -0.313 e. The Balaban J connectivity index is 4.47. The summed E-state index contributed by atoms with van der Waals surface area (Å²) < 4.78 is 23.0. The maximum Gasteiger partial charge on any atom is 0.151 e. The predicted octanol–water partition coefficient (Wildman–Crippen LogP) is 1.83. The highest BCUT2D eigenvalue weighted by atomic mass is 32.2. The Morgan fingerprint density at radius 3 is 2.07 bits per heavy atom. The summed E-state index contributed by atoms with van der Waals surface area (Å²) in [6, 6.07) is 0.0833. The SMILES string of the molecule is CCCNC(CC(C)C)C(C)S(C)(=O)=O. The molecule has 0 spiro atoms. The second-order valence-corrected chi connectivity index (χ2v) is 7.13. The van der Waals surface area contributed by atoms with Crippen LogP contribution in [0, 0.1) is 5.92 Å². The monoisotopic (exact) mass is 235 g/mol. The minimum atomic E-state index is -2.94. The van der Waals surface area contributed by atoms with E-state index in [1.54, 1.807) is 6.92 Å². The zero-order valence-electron chi connectivity index (χ0n) is 10.6. The molecule has 0 radical (unpaired) electrons. The van der Waals surface area contributed by atoms with Crippen molar-refractivity contribution >= 4 is 9.84 Å². The van der Waals surface area contributed by atoms with Crippen LogP contribution in [0.2, 0.25) is 0 Å². The summed E-state index contributed by atoms with van der Waals surface area (Å²) in [4.78, 5) is 0. The summed E-state index contributed by atoms with van der Waals surface area (Å²) in [6.45, 7) is 9.01. The van der Waals surface area contributed by atoms with E-state index in [1.165, 1.54) is 6.26 Å². The van der Waals surface area contributed by atoms with Crippen molar-refractivity contribution in [2.45, 2.75) is 51.8 Å². The zero-order valence-corrected chi connectivity index (χ0v) is 11.4. The quantitative estimate of drug-likeness (QED) is 0.732. The van der Waals surface area contributed by atoms with E-state index in [9.17, 15) is 8.42 Å². The van der Waals surface area contributed by atoms with Crippen LogP contribution in [-0.2, 0) is 9.84 Å². The van der Waals surface area contributed by atoms with Gasteiger partial charge in [0.15, 0.2) is 9.84 Å². The third kappa shape index (κ3) is 6.15. The molecule has 0 rings (SSSR count). The zero-order chi connectivity index (χ0) is 12.1. The van der Waals surface area contributed by atoms with E-state index < -0.39 is 9.84 Å². The van der Waals surface area contributed by atoms with Gasteiger partial charge in [0, 0.05) is 12.3 Å². The highest BCUT2D eigenvalue weighted by Crippen LogP contribution is 2.13. The van der Waals surface area contributed by atoms with Crippen molar-refractivity contribution in [3.63, 3.8) is 0 Å². The molecule has 0 aliphatic rings. The molecule has 0 heterocycles. The Hall–Kier alpha value is -0.0900. The number of sulfone groups is 1. The molecule has 4 heteroatoms. The minimum absolute atomic E-state index is 0.0833. The van der Waals surface area contributed by atoms with Crippen molar-refractivity contribution in [2.75, 3.05) is 12.8 Å². The lowest BCUT2D eigenvalue weighted by Gasteiger charge is -2.25. The fourth-order valence-electron chi connectivity index (χ4n) is 1.58. The molecular weight excluding hydrogens is 210 g/mol. The van der Waals surface area contributed by atoms with Crippen LogP contribution in [0.25, 0.3) is 0 Å². The van der Waals surface area contributed by atoms with Crippen LogP contribution in [0.1, 0.15) is 40.5 Å². The first-order chi connectivity index (χ1) is 6.79. The van der Waals surface area contributed by atoms with Crippen molar-refractivity contribution in [1.82, 2.24) is 5.32 Å². The molecule has 0 aromatic carbocycles. The van der Waals surface area contributed by atoms with Crippen molar-refractivity contribution in [2.24, 2.45) is 5.92 Å². The molecule has 0 saturated heterocycles. The van der Waals surface area contributed by atoms with E-state index in [4.69, 9.17) is 0 Å². The van der Waals surface area contributed by atoms with E-state index in [1.807, 2.05) is 0 Å². The second-order valence-electron chi connectivity index (χ2n) is 4.72. The van der Waals surface area contributed by atoms with Crippen LogP contribution in [-0.4, -0.2) is 32.5 Å². The number of hydrogen-bond acceptors (Lipinski definition) is 3. The van der Waals surface area contributed by atoms with Gasteiger partial charge in [-0.2, -0.15) is 0 Å². The molecule has 0 fully saturated rings. The maximum atomic E-state index is 11.5. The van der Waals surface area contributed by atoms with Crippen LogP contribution >= 0.6 is 0 Å². The van der Waals surface area contributed by atoms with Crippen molar-refractivity contribution in [3.05, 3.63) is 0 Å². The first-order valence-corrected chi connectivity index (χ1v) is 7.66. The third-order valence-corrected chi connectivity index (χ3v) is 4.30. The molecular formula is C11H25NO2S. The molecule has 0 aliphatic carbocycles. The standard InChI is InChI=1S/C11H25NO2S/c1-6-7-12-11(8-9(2)3)10(4)15(5,13)14/h9-12H,6-8H2,1-5H3. The Kier molecular flexibility index (Phi) is 6.44.